The molecule has 7 heteroatoms. The van der Waals surface area contributed by atoms with Gasteiger partial charge in [0.15, 0.2) is 16.6 Å². The number of nitrogens with two attached hydrogens (primary N) is 1. The molecule has 0 aliphatic carbocycles. The van der Waals surface area contributed by atoms with Crippen molar-refractivity contribution in [3.8, 4) is 22.6 Å². The van der Waals surface area contributed by atoms with E-state index in [9.17, 15) is 0 Å². The maximum atomic E-state index is 6.04. The average Bonchev–Trinajstić information content (AvgIpc) is 2.98. The quantitative estimate of drug-likeness (QED) is 0.767. The molecule has 0 spiro atoms. The zero-order valence-corrected chi connectivity index (χ0v) is 15.1. The Balaban J connectivity index is 2.05. The van der Waals surface area contributed by atoms with Gasteiger partial charge in [-0.2, -0.15) is 0 Å². The fourth-order valence-electron chi connectivity index (χ4n) is 3.06. The number of thiocarbonyl (C=S) groups is 1. The van der Waals surface area contributed by atoms with Gasteiger partial charge in [-0.05, 0) is 41.5 Å². The second-order valence-electron chi connectivity index (χ2n) is 5.85. The number of ether oxygens (including phenoxy) is 2. The van der Waals surface area contributed by atoms with Crippen LogP contribution < -0.4 is 25.6 Å². The highest BCUT2D eigenvalue weighted by Crippen LogP contribution is 2.31. The van der Waals surface area contributed by atoms with Gasteiger partial charge in [0.05, 0.1) is 0 Å². The predicted molar refractivity (Wildman–Crippen MR) is 102 cm³/mol. The lowest BCUT2D eigenvalue weighted by atomic mass is 10.0. The minimum atomic E-state index is 0.217. The summed E-state index contributed by atoms with van der Waals surface area (Å²) < 4.78 is 11.3. The van der Waals surface area contributed by atoms with Crippen LogP contribution in [0.25, 0.3) is 23.4 Å². The third kappa shape index (κ3) is 2.82. The number of rotatable bonds is 1. The molecule has 2 N–H and O–H groups in total. The summed E-state index contributed by atoms with van der Waals surface area (Å²) in [5, 5.41) is 6.63. The minimum absolute atomic E-state index is 0.217. The maximum Gasteiger partial charge on any atom is 0.231 e. The van der Waals surface area contributed by atoms with E-state index < -0.39 is 0 Å². The molecular weight excluding hydrogens is 358 g/mol. The van der Waals surface area contributed by atoms with E-state index in [0.717, 1.165) is 33.1 Å². The van der Waals surface area contributed by atoms with Crippen molar-refractivity contribution in [2.24, 2.45) is 5.73 Å². The summed E-state index contributed by atoms with van der Waals surface area (Å²) in [5.41, 5.74) is 7.93. The molecule has 4 rings (SSSR count). The average molecular weight is 374 g/mol. The first-order valence-electron chi connectivity index (χ1n) is 7.75. The number of benzene rings is 2. The van der Waals surface area contributed by atoms with Crippen LogP contribution in [0.5, 0.6) is 11.5 Å². The van der Waals surface area contributed by atoms with Crippen molar-refractivity contribution in [2.45, 2.75) is 0 Å². The second kappa shape index (κ2) is 6.22. The van der Waals surface area contributed by atoms with Crippen LogP contribution in [0, 0.1) is 0 Å². The van der Waals surface area contributed by atoms with Crippen molar-refractivity contribution in [3.05, 3.63) is 45.8 Å². The van der Waals surface area contributed by atoms with Gasteiger partial charge in [-0.1, -0.05) is 29.8 Å². The molecule has 2 heterocycles. The number of hydrazine groups is 1. The van der Waals surface area contributed by atoms with E-state index in [0.29, 0.717) is 11.6 Å². The summed E-state index contributed by atoms with van der Waals surface area (Å²) in [5.74, 6) is 1.49. The molecule has 25 heavy (non-hydrogen) atoms. The summed E-state index contributed by atoms with van der Waals surface area (Å²) in [6, 6.07) is 9.68. The molecule has 0 amide bonds. The second-order valence-corrected chi connectivity index (χ2v) is 6.70. The lowest BCUT2D eigenvalue weighted by Gasteiger charge is -2.27. The van der Waals surface area contributed by atoms with Gasteiger partial charge < -0.3 is 15.2 Å². The van der Waals surface area contributed by atoms with Crippen LogP contribution in [0.3, 0.4) is 0 Å². The minimum Gasteiger partial charge on any atom is -0.454 e. The molecule has 0 saturated heterocycles. The summed E-state index contributed by atoms with van der Waals surface area (Å²) in [6.07, 6.45) is 4.03. The van der Waals surface area contributed by atoms with Crippen LogP contribution in [0.1, 0.15) is 0 Å². The molecule has 0 saturated carbocycles. The molecule has 5 nitrogen and oxygen atoms in total. The summed E-state index contributed by atoms with van der Waals surface area (Å²) in [6.45, 7) is 0.856. The van der Waals surface area contributed by atoms with Gasteiger partial charge in [0.25, 0.3) is 0 Å². The molecule has 0 fully saturated rings. The van der Waals surface area contributed by atoms with E-state index in [1.54, 1.807) is 5.01 Å². The molecule has 2 aromatic carbocycles. The Hall–Kier alpha value is -2.28. The number of hydrogen-bond donors (Lipinski definition) is 1. The molecule has 2 aliphatic heterocycles. The van der Waals surface area contributed by atoms with Crippen LogP contribution >= 0.6 is 23.8 Å². The number of hydrogen-bond acceptors (Lipinski definition) is 4. The van der Waals surface area contributed by atoms with Gasteiger partial charge in [-0.15, -0.1) is 0 Å². The third-order valence-electron chi connectivity index (χ3n) is 4.30. The Morgan fingerprint density at radius 2 is 1.96 bits per heavy atom. The smallest absolute Gasteiger partial charge is 0.231 e. The summed E-state index contributed by atoms with van der Waals surface area (Å²) >= 11 is 11.2. The molecule has 0 radical (unpaired) electrons. The molecule has 128 valence electrons. The first kappa shape index (κ1) is 16.2. The molecule has 2 aliphatic rings. The fourth-order valence-corrected chi connectivity index (χ4v) is 3.37. The van der Waals surface area contributed by atoms with Crippen LogP contribution in [0.2, 0.25) is 5.02 Å². The van der Waals surface area contributed by atoms with E-state index in [4.69, 9.17) is 39.0 Å². The van der Waals surface area contributed by atoms with Crippen LogP contribution in [-0.2, 0) is 0 Å². The largest absolute Gasteiger partial charge is 0.454 e. The lowest BCUT2D eigenvalue weighted by molar-refractivity contribution is 0.173. The predicted octanol–water partition coefficient (Wildman–Crippen LogP) is 1.66. The van der Waals surface area contributed by atoms with Crippen molar-refractivity contribution in [1.29, 1.82) is 0 Å². The monoisotopic (exact) mass is 373 g/mol. The van der Waals surface area contributed by atoms with Gasteiger partial charge in [0.2, 0.25) is 6.79 Å². The van der Waals surface area contributed by atoms with Crippen molar-refractivity contribution in [1.82, 2.24) is 10.0 Å². The number of fused-ring (bicyclic) bond motifs is 3. The standard InChI is InChI=1S/C18H16ClN3O2S/c1-21-7-6-13-15(9-22(21)18(20)25)14(8-16-17(13)24-10-23-16)11-2-4-12(19)5-3-11/h2-6,8-9H,7,10H2,1H3,(H2,20,25). The van der Waals surface area contributed by atoms with E-state index in [2.05, 4.69) is 6.08 Å². The van der Waals surface area contributed by atoms with E-state index in [1.165, 1.54) is 0 Å². The zero-order chi connectivity index (χ0) is 17.6. The Labute approximate surface area is 155 Å². The number of nitrogens with zero attached hydrogens (tertiary/aromatic N) is 2. The zero-order valence-electron chi connectivity index (χ0n) is 13.5. The Bertz CT molecular complexity index is 975. The molecule has 0 aromatic heterocycles. The summed E-state index contributed by atoms with van der Waals surface area (Å²) in [4.78, 5) is 0. The molecule has 0 bridgehead atoms. The van der Waals surface area contributed by atoms with Gasteiger partial charge in [-0.25, -0.2) is 5.01 Å². The van der Waals surface area contributed by atoms with Gasteiger partial charge in [-0.3, -0.25) is 5.01 Å². The first-order chi connectivity index (χ1) is 12.0. The lowest BCUT2D eigenvalue weighted by Crippen LogP contribution is -2.43. The van der Waals surface area contributed by atoms with Gasteiger partial charge >= 0.3 is 0 Å². The molecule has 0 unspecified atom stereocenters. The number of halogens is 1. The Morgan fingerprint density at radius 1 is 1.20 bits per heavy atom. The maximum absolute atomic E-state index is 6.04. The highest BCUT2D eigenvalue weighted by molar-refractivity contribution is 7.80. The van der Waals surface area contributed by atoms with E-state index in [1.807, 2.05) is 48.6 Å². The normalized spacial score (nSPS) is 15.8. The van der Waals surface area contributed by atoms with Crippen molar-refractivity contribution >= 4 is 41.2 Å². The SMILES string of the molecule is CN1CC=c2c3c(cc(-c4ccc(Cl)cc4)c2=CN1C(N)=S)OCO3. The fraction of sp³-hybridized carbons (Fsp3) is 0.167. The molecular formula is C18H16ClN3O2S. The van der Waals surface area contributed by atoms with Crippen molar-refractivity contribution < 1.29 is 9.47 Å². The first-order valence-corrected chi connectivity index (χ1v) is 8.53. The van der Waals surface area contributed by atoms with Crippen LogP contribution in [0.4, 0.5) is 0 Å². The Morgan fingerprint density at radius 3 is 2.68 bits per heavy atom. The van der Waals surface area contributed by atoms with Gasteiger partial charge in [0, 0.05) is 35.3 Å². The van der Waals surface area contributed by atoms with E-state index >= 15 is 0 Å². The summed E-state index contributed by atoms with van der Waals surface area (Å²) in [7, 11) is 1.93. The Kier molecular flexibility index (Phi) is 4.03. The topological polar surface area (TPSA) is 51.0 Å². The van der Waals surface area contributed by atoms with Gasteiger partial charge in [0.1, 0.15) is 0 Å². The van der Waals surface area contributed by atoms with Crippen molar-refractivity contribution in [3.63, 3.8) is 0 Å². The molecule has 2 aromatic rings. The highest BCUT2D eigenvalue weighted by Gasteiger charge is 2.21. The molecule has 0 atom stereocenters. The highest BCUT2D eigenvalue weighted by atomic mass is 35.5. The third-order valence-corrected chi connectivity index (χ3v) is 4.74. The van der Waals surface area contributed by atoms with E-state index in [-0.39, 0.29) is 11.9 Å². The van der Waals surface area contributed by atoms with Crippen LogP contribution in [-0.4, -0.2) is 35.5 Å². The van der Waals surface area contributed by atoms with Crippen LogP contribution in [0.15, 0.2) is 30.3 Å². The van der Waals surface area contributed by atoms with Crippen molar-refractivity contribution in [2.75, 3.05) is 20.4 Å².